The van der Waals surface area contributed by atoms with Gasteiger partial charge >= 0.3 is 5.97 Å². The summed E-state index contributed by atoms with van der Waals surface area (Å²) in [4.78, 5) is 62.2. The highest BCUT2D eigenvalue weighted by atomic mass is 32.2. The molecule has 0 spiro atoms. The largest absolute Gasteiger partial charge is 0.481 e. The van der Waals surface area contributed by atoms with Crippen molar-refractivity contribution in [2.45, 2.75) is 71.9 Å². The van der Waals surface area contributed by atoms with Crippen LogP contribution in [0.4, 0.5) is 8.78 Å². The first-order valence-corrected chi connectivity index (χ1v) is 23.2. The number of rotatable bonds is 34. The van der Waals surface area contributed by atoms with Crippen molar-refractivity contribution < 1.29 is 56.8 Å². The fraction of sp³-hybridized carbons (Fsp3) is 0.553. The third-order valence-corrected chi connectivity index (χ3v) is 10.8. The first-order chi connectivity index (χ1) is 31.2. The number of nitrogens with one attached hydrogen (secondary N) is 2. The molecule has 0 bridgehead atoms. The number of hydrogen-bond donors (Lipinski definition) is 4. The first kappa shape index (κ1) is 54.6. The van der Waals surface area contributed by atoms with Gasteiger partial charge in [-0.15, -0.1) is 0 Å². The van der Waals surface area contributed by atoms with E-state index in [4.69, 9.17) is 29.8 Å². The second-order valence-electron chi connectivity index (χ2n) is 16.3. The molecule has 2 aromatic carbocycles. The number of ether oxygens (including phenoxy) is 4. The number of halogens is 2. The molecule has 1 atom stereocenters. The third-order valence-electron chi connectivity index (χ3n) is 9.88. The lowest BCUT2D eigenvalue weighted by Gasteiger charge is -2.41. The van der Waals surface area contributed by atoms with Crippen LogP contribution in [0.15, 0.2) is 60.8 Å². The van der Waals surface area contributed by atoms with Gasteiger partial charge in [0.25, 0.3) is 0 Å². The zero-order valence-corrected chi connectivity index (χ0v) is 38.8. The first-order valence-electron chi connectivity index (χ1n) is 22.0. The Morgan fingerprint density at radius 3 is 2.09 bits per heavy atom. The molecule has 0 saturated heterocycles. The molecule has 1 heterocycles. The molecule has 0 aliphatic rings. The summed E-state index contributed by atoms with van der Waals surface area (Å²) in [7, 11) is 0. The van der Waals surface area contributed by atoms with Crippen LogP contribution in [0, 0.1) is 17.0 Å². The van der Waals surface area contributed by atoms with Crippen molar-refractivity contribution in [1.82, 2.24) is 20.1 Å². The average molecular weight is 932 g/mol. The van der Waals surface area contributed by atoms with Crippen LogP contribution in [0.25, 0.3) is 11.1 Å². The standard InChI is InChI=1S/C47H67F2N5O10S/c1-47(2,3)46(41-29-36(39-30-37(48)12-13-40(39)49)33-53(41)32-35-9-5-4-6-10-35)54(19-8-17-50)44(58)34-65-28-16-43(57)51-18-21-62-23-25-64-27-26-63-24-22-61-20-7-11-38(55)31-52-42(56)14-15-45(59)60/h4-6,9-10,12-13,29-30,33,46H,7-8,11,14-28,31-32,34,50H2,1-3H3,(H,51,57)(H,52,56)(H,59,60)/t46-/m0/s1. The molecule has 65 heavy (non-hydrogen) atoms. The van der Waals surface area contributed by atoms with Gasteiger partial charge in [-0.1, -0.05) is 51.1 Å². The number of benzene rings is 2. The molecule has 360 valence electrons. The normalized spacial score (nSPS) is 11.9. The van der Waals surface area contributed by atoms with Gasteiger partial charge in [0, 0.05) is 74.3 Å². The highest BCUT2D eigenvalue weighted by Crippen LogP contribution is 2.41. The second-order valence-corrected chi connectivity index (χ2v) is 17.4. The molecule has 0 aliphatic heterocycles. The van der Waals surface area contributed by atoms with Crippen LogP contribution in [-0.4, -0.2) is 135 Å². The summed E-state index contributed by atoms with van der Waals surface area (Å²) in [5, 5.41) is 13.8. The molecular weight excluding hydrogens is 865 g/mol. The van der Waals surface area contributed by atoms with Crippen molar-refractivity contribution >= 4 is 41.2 Å². The number of amides is 3. The minimum absolute atomic E-state index is 0.108. The van der Waals surface area contributed by atoms with Gasteiger partial charge in [0.05, 0.1) is 71.0 Å². The van der Waals surface area contributed by atoms with E-state index in [1.165, 1.54) is 17.8 Å². The van der Waals surface area contributed by atoms with E-state index < -0.39 is 35.0 Å². The minimum Gasteiger partial charge on any atom is -0.481 e. The number of nitrogens with zero attached hydrogens (tertiary/aromatic N) is 2. The summed E-state index contributed by atoms with van der Waals surface area (Å²) in [5.74, 6) is -2.47. The molecule has 3 rings (SSSR count). The fourth-order valence-electron chi connectivity index (χ4n) is 6.76. The highest BCUT2D eigenvalue weighted by Gasteiger charge is 2.37. The Balaban J connectivity index is 1.33. The Kier molecular flexibility index (Phi) is 25.6. The van der Waals surface area contributed by atoms with E-state index in [-0.39, 0.29) is 61.1 Å². The fourth-order valence-corrected chi connectivity index (χ4v) is 7.57. The summed E-state index contributed by atoms with van der Waals surface area (Å²) in [6, 6.07) is 14.6. The van der Waals surface area contributed by atoms with Crippen LogP contribution in [-0.2, 0) is 49.5 Å². The zero-order chi connectivity index (χ0) is 47.5. The molecule has 5 N–H and O–H groups in total. The Morgan fingerprint density at radius 2 is 1.45 bits per heavy atom. The predicted molar refractivity (Wildman–Crippen MR) is 245 cm³/mol. The molecule has 0 saturated carbocycles. The number of carboxylic acid groups (broad SMARTS) is 1. The van der Waals surface area contributed by atoms with Gasteiger partial charge in [-0.2, -0.15) is 11.8 Å². The number of aliphatic carboxylic acids is 1. The van der Waals surface area contributed by atoms with Crippen LogP contribution in [0.5, 0.6) is 0 Å². The molecule has 0 aliphatic carbocycles. The topological polar surface area (TPSA) is 201 Å². The Morgan fingerprint density at radius 1 is 0.800 bits per heavy atom. The summed E-state index contributed by atoms with van der Waals surface area (Å²) in [5.41, 5.74) is 7.94. The van der Waals surface area contributed by atoms with Gasteiger partial charge in [0.15, 0.2) is 5.78 Å². The summed E-state index contributed by atoms with van der Waals surface area (Å²) < 4.78 is 53.4. The second kappa shape index (κ2) is 30.5. The van der Waals surface area contributed by atoms with Gasteiger partial charge in [-0.05, 0) is 54.6 Å². The molecule has 0 unspecified atom stereocenters. The molecule has 18 heteroatoms. The Hall–Kier alpha value is -4.72. The van der Waals surface area contributed by atoms with Crippen LogP contribution in [0.2, 0.25) is 0 Å². The van der Waals surface area contributed by atoms with Crippen molar-refractivity contribution in [1.29, 1.82) is 0 Å². The van der Waals surface area contributed by atoms with Gasteiger partial charge < -0.3 is 49.9 Å². The van der Waals surface area contributed by atoms with Crippen molar-refractivity contribution in [2.75, 3.05) is 90.5 Å². The number of aromatic nitrogens is 1. The molecule has 3 aromatic rings. The van der Waals surface area contributed by atoms with Crippen molar-refractivity contribution in [2.24, 2.45) is 11.1 Å². The van der Waals surface area contributed by atoms with E-state index in [9.17, 15) is 28.4 Å². The molecule has 3 amide bonds. The zero-order valence-electron chi connectivity index (χ0n) is 38.0. The lowest BCUT2D eigenvalue weighted by atomic mass is 9.83. The average Bonchev–Trinajstić information content (AvgIpc) is 3.67. The number of carbonyl (C=O) groups excluding carboxylic acids is 4. The molecule has 0 fully saturated rings. The van der Waals surface area contributed by atoms with Gasteiger partial charge in [0.1, 0.15) is 11.6 Å². The van der Waals surface area contributed by atoms with Crippen LogP contribution < -0.4 is 16.4 Å². The van der Waals surface area contributed by atoms with Gasteiger partial charge in [-0.3, -0.25) is 24.0 Å². The van der Waals surface area contributed by atoms with Crippen LogP contribution >= 0.6 is 11.8 Å². The predicted octanol–water partition coefficient (Wildman–Crippen LogP) is 5.38. The molecular formula is C47H67F2N5O10S. The van der Waals surface area contributed by atoms with E-state index >= 15 is 4.39 Å². The molecule has 15 nitrogen and oxygen atoms in total. The number of carbonyl (C=O) groups is 5. The van der Waals surface area contributed by atoms with E-state index in [0.717, 1.165) is 23.4 Å². The Bertz CT molecular complexity index is 1910. The summed E-state index contributed by atoms with van der Waals surface area (Å²) >= 11 is 1.38. The number of carboxylic acids is 1. The maximum Gasteiger partial charge on any atom is 0.303 e. The lowest BCUT2D eigenvalue weighted by molar-refractivity contribution is -0.138. The van der Waals surface area contributed by atoms with Crippen molar-refractivity contribution in [3.8, 4) is 11.1 Å². The van der Waals surface area contributed by atoms with Crippen molar-refractivity contribution in [3.63, 3.8) is 0 Å². The van der Waals surface area contributed by atoms with Crippen LogP contribution in [0.3, 0.4) is 0 Å². The van der Waals surface area contributed by atoms with E-state index in [1.54, 1.807) is 0 Å². The monoisotopic (exact) mass is 931 g/mol. The minimum atomic E-state index is -1.07. The smallest absolute Gasteiger partial charge is 0.303 e. The third kappa shape index (κ3) is 21.9. The summed E-state index contributed by atoms with van der Waals surface area (Å²) in [6.45, 7) is 10.4. The number of hydrogen-bond acceptors (Lipinski definition) is 11. The van der Waals surface area contributed by atoms with E-state index in [2.05, 4.69) is 31.4 Å². The lowest BCUT2D eigenvalue weighted by Crippen LogP contribution is -2.44. The maximum absolute atomic E-state index is 15.1. The highest BCUT2D eigenvalue weighted by molar-refractivity contribution is 7.99. The summed E-state index contributed by atoms with van der Waals surface area (Å²) in [6.07, 6.45) is 2.90. The van der Waals surface area contributed by atoms with Gasteiger partial charge in [-0.25, -0.2) is 8.78 Å². The number of ketones is 1. The molecule has 0 radical (unpaired) electrons. The van der Waals surface area contributed by atoms with Crippen molar-refractivity contribution in [3.05, 3.63) is 83.7 Å². The Labute approximate surface area is 385 Å². The number of thioether (sulfide) groups is 1. The quantitative estimate of drug-likeness (QED) is 0.0559. The van der Waals surface area contributed by atoms with Crippen LogP contribution in [0.1, 0.15) is 76.6 Å². The van der Waals surface area contributed by atoms with Gasteiger partial charge in [0.2, 0.25) is 17.7 Å². The SMILES string of the molecule is CC(C)(C)[C@H](c1cc(-c2cc(F)ccc2F)cn1Cc1ccccc1)N(CCCN)C(=O)CSCCC(=O)NCCOCCOCCOCCOCCCC(=O)CNC(=O)CCC(=O)O. The molecule has 1 aromatic heterocycles. The maximum atomic E-state index is 15.1. The van der Waals surface area contributed by atoms with E-state index in [1.807, 2.05) is 52.1 Å². The van der Waals surface area contributed by atoms with E-state index in [0.29, 0.717) is 103 Å². The number of nitrogens with two attached hydrogens (primary N) is 1. The number of Topliss-reactive ketones (excluding diaryl/α,β-unsaturated/α-hetero) is 1.